The summed E-state index contributed by atoms with van der Waals surface area (Å²) in [6.45, 7) is 14.1. The number of carbonyl (C=O) groups excluding carboxylic acids is 5. The summed E-state index contributed by atoms with van der Waals surface area (Å²) < 4.78 is 11.3. The number of aromatic nitrogens is 1. The van der Waals surface area contributed by atoms with E-state index in [2.05, 4.69) is 16.1 Å². The summed E-state index contributed by atoms with van der Waals surface area (Å²) in [7, 11) is 0. The minimum absolute atomic E-state index is 0.234. The fraction of sp³-hybridized carbons (Fsp3) is 0.543. The third kappa shape index (κ3) is 9.15. The molecular weight excluding hydrogens is 602 g/mol. The highest BCUT2D eigenvalue weighted by atomic mass is 16.6. The Labute approximate surface area is 276 Å². The molecule has 1 unspecified atom stereocenters. The zero-order chi connectivity index (χ0) is 34.7. The number of nitrogens with one attached hydrogen (secondary N) is 3. The van der Waals surface area contributed by atoms with Crippen molar-refractivity contribution in [2.45, 2.75) is 104 Å². The van der Waals surface area contributed by atoms with Crippen molar-refractivity contribution in [2.24, 2.45) is 11.3 Å². The molecule has 12 heteroatoms. The molecule has 1 aromatic heterocycles. The third-order valence-corrected chi connectivity index (χ3v) is 8.10. The van der Waals surface area contributed by atoms with Gasteiger partial charge in [0.1, 0.15) is 29.8 Å². The highest BCUT2D eigenvalue weighted by Gasteiger charge is 2.38. The first kappa shape index (κ1) is 35.5. The van der Waals surface area contributed by atoms with E-state index in [0.717, 1.165) is 10.9 Å². The molecule has 3 heterocycles. The van der Waals surface area contributed by atoms with Gasteiger partial charge < -0.3 is 20.1 Å². The number of pyridine rings is 1. The van der Waals surface area contributed by atoms with E-state index >= 15 is 0 Å². The van der Waals surface area contributed by atoms with E-state index in [4.69, 9.17) is 14.5 Å². The van der Waals surface area contributed by atoms with E-state index < -0.39 is 71.3 Å². The molecule has 47 heavy (non-hydrogen) atoms. The number of hydrogen-bond acceptors (Lipinski definition) is 9. The fourth-order valence-electron chi connectivity index (χ4n) is 5.35. The van der Waals surface area contributed by atoms with Crippen LogP contribution >= 0.6 is 0 Å². The van der Waals surface area contributed by atoms with E-state index in [0.29, 0.717) is 24.1 Å². The molecule has 254 valence electrons. The number of benzene rings is 1. The first-order chi connectivity index (χ1) is 21.9. The molecule has 5 bridgehead atoms. The summed E-state index contributed by atoms with van der Waals surface area (Å²) in [5.41, 5.74) is 3.17. The van der Waals surface area contributed by atoms with Gasteiger partial charge in [-0.25, -0.2) is 10.4 Å². The normalized spacial score (nSPS) is 25.2. The first-order valence-corrected chi connectivity index (χ1v) is 16.1. The van der Waals surface area contributed by atoms with Crippen molar-refractivity contribution in [1.82, 2.24) is 26.1 Å². The van der Waals surface area contributed by atoms with Crippen LogP contribution in [0.5, 0.6) is 0 Å². The van der Waals surface area contributed by atoms with Gasteiger partial charge in [-0.2, -0.15) is 0 Å². The Morgan fingerprint density at radius 3 is 2.49 bits per heavy atom. The number of esters is 2. The van der Waals surface area contributed by atoms with Crippen LogP contribution < -0.4 is 16.1 Å². The zero-order valence-electron chi connectivity index (χ0n) is 28.5. The zero-order valence-corrected chi connectivity index (χ0v) is 28.5. The lowest BCUT2D eigenvalue weighted by Gasteiger charge is -2.36. The molecule has 3 N–H and O–H groups in total. The quantitative estimate of drug-likeness (QED) is 0.422. The lowest BCUT2D eigenvalue weighted by molar-refractivity contribution is -0.161. The fourth-order valence-corrected chi connectivity index (χ4v) is 5.35. The van der Waals surface area contributed by atoms with Gasteiger partial charge in [0.05, 0.1) is 23.0 Å². The summed E-state index contributed by atoms with van der Waals surface area (Å²) in [5, 5.41) is 7.68. The first-order valence-electron chi connectivity index (χ1n) is 16.1. The molecule has 2 aliphatic heterocycles. The van der Waals surface area contributed by atoms with E-state index in [1.807, 2.05) is 30.3 Å². The Kier molecular flexibility index (Phi) is 10.7. The van der Waals surface area contributed by atoms with Gasteiger partial charge in [-0.3, -0.25) is 29.0 Å². The molecule has 4 atom stereocenters. The van der Waals surface area contributed by atoms with E-state index in [1.54, 1.807) is 67.5 Å². The van der Waals surface area contributed by atoms with Crippen LogP contribution in [-0.2, 0) is 33.4 Å². The number of hydrogen-bond donors (Lipinski definition) is 3. The number of amides is 3. The average molecular weight is 650 g/mol. The molecule has 0 spiro atoms. The summed E-state index contributed by atoms with van der Waals surface area (Å²) in [5.74, 6) is -3.24. The molecule has 0 radical (unpaired) electrons. The van der Waals surface area contributed by atoms with Gasteiger partial charge in [-0.15, -0.1) is 0 Å². The van der Waals surface area contributed by atoms with Crippen LogP contribution in [0.15, 0.2) is 36.4 Å². The van der Waals surface area contributed by atoms with Gasteiger partial charge in [0.2, 0.25) is 11.8 Å². The van der Waals surface area contributed by atoms with Gasteiger partial charge >= 0.3 is 11.9 Å². The van der Waals surface area contributed by atoms with Crippen LogP contribution in [0.3, 0.4) is 0 Å². The van der Waals surface area contributed by atoms with Crippen molar-refractivity contribution in [3.05, 3.63) is 47.7 Å². The molecule has 4 rings (SSSR count). The maximum atomic E-state index is 13.9. The molecule has 0 aliphatic carbocycles. The lowest BCUT2D eigenvalue weighted by atomic mass is 9.89. The van der Waals surface area contributed by atoms with Gasteiger partial charge in [0.15, 0.2) is 0 Å². The number of rotatable bonds is 3. The number of ether oxygens (including phenoxy) is 2. The maximum absolute atomic E-state index is 13.9. The van der Waals surface area contributed by atoms with Crippen molar-refractivity contribution in [3.8, 4) is 0 Å². The SMILES string of the molecule is CC(C)[C@@H]1NC(=O)C(C)(C)/C=C/c2ccc3ccc(nc3c2)[C@@H](C)OC(=O)C2CCCN(N2)C(=O)[C@H](CC(=O)OC(C)(C)C)NC1=O. The number of fused-ring (bicyclic) bond motifs is 4. The standard InChI is InChI=1S/C35H47N5O7/c1-20(2)29-30(42)37-27(19-28(41)47-34(4,5)6)31(43)40-17-9-10-25(39-40)32(44)46-21(3)24-14-13-23-12-11-22(18-26(23)36-24)15-16-35(7,8)33(45)38-29/h11-16,18,20-21,25,27,29,39H,9-10,17,19H2,1-8H3,(H,37,42)(H,38,45)/b16-15+/t21-,25?,27+,29+/m1/s1. The second kappa shape index (κ2) is 14.2. The number of cyclic esters (lactones) is 1. The largest absolute Gasteiger partial charge is 0.460 e. The highest BCUT2D eigenvalue weighted by molar-refractivity contribution is 5.95. The Bertz CT molecular complexity index is 1560. The Balaban J connectivity index is 1.73. The van der Waals surface area contributed by atoms with Crippen LogP contribution in [0.1, 0.15) is 92.0 Å². The average Bonchev–Trinajstić information content (AvgIpc) is 2.99. The summed E-state index contributed by atoms with van der Waals surface area (Å²) in [6, 6.07) is 6.25. The number of hydrazine groups is 1. The van der Waals surface area contributed by atoms with Crippen molar-refractivity contribution in [3.63, 3.8) is 0 Å². The molecule has 0 saturated carbocycles. The van der Waals surface area contributed by atoms with Crippen LogP contribution in [0.25, 0.3) is 17.0 Å². The molecule has 1 fully saturated rings. The van der Waals surface area contributed by atoms with Crippen molar-refractivity contribution in [2.75, 3.05) is 6.54 Å². The van der Waals surface area contributed by atoms with E-state index in [1.165, 1.54) is 5.01 Å². The Morgan fingerprint density at radius 1 is 1.11 bits per heavy atom. The highest BCUT2D eigenvalue weighted by Crippen LogP contribution is 2.25. The van der Waals surface area contributed by atoms with Crippen molar-refractivity contribution < 1.29 is 33.4 Å². The van der Waals surface area contributed by atoms with Crippen molar-refractivity contribution >= 4 is 46.6 Å². The summed E-state index contributed by atoms with van der Waals surface area (Å²) in [4.78, 5) is 72.1. The second-order valence-electron chi connectivity index (χ2n) is 14.2. The molecule has 2 aliphatic rings. The third-order valence-electron chi connectivity index (χ3n) is 8.10. The van der Waals surface area contributed by atoms with E-state index in [9.17, 15) is 24.0 Å². The van der Waals surface area contributed by atoms with Crippen LogP contribution in [0.2, 0.25) is 0 Å². The lowest BCUT2D eigenvalue weighted by Crippen LogP contribution is -2.62. The Hall–Kier alpha value is -4.32. The number of carbonyl (C=O) groups is 5. The maximum Gasteiger partial charge on any atom is 0.325 e. The van der Waals surface area contributed by atoms with E-state index in [-0.39, 0.29) is 12.5 Å². The second-order valence-corrected chi connectivity index (χ2v) is 14.2. The molecule has 1 aromatic carbocycles. The molecule has 2 aromatic rings. The van der Waals surface area contributed by atoms with Gasteiger partial charge in [-0.05, 0) is 78.0 Å². The summed E-state index contributed by atoms with van der Waals surface area (Å²) >= 11 is 0. The monoisotopic (exact) mass is 649 g/mol. The topological polar surface area (TPSA) is 156 Å². The minimum atomic E-state index is -1.33. The minimum Gasteiger partial charge on any atom is -0.460 e. The molecular formula is C35H47N5O7. The van der Waals surface area contributed by atoms with Crippen LogP contribution in [0.4, 0.5) is 0 Å². The predicted molar refractivity (Wildman–Crippen MR) is 176 cm³/mol. The Morgan fingerprint density at radius 2 is 1.81 bits per heavy atom. The molecule has 12 nitrogen and oxygen atoms in total. The van der Waals surface area contributed by atoms with Gasteiger partial charge in [0, 0.05) is 11.9 Å². The van der Waals surface area contributed by atoms with Crippen molar-refractivity contribution in [1.29, 1.82) is 0 Å². The summed E-state index contributed by atoms with van der Waals surface area (Å²) in [6.07, 6.45) is 3.33. The molecule has 3 amide bonds. The van der Waals surface area contributed by atoms with Gasteiger partial charge in [-0.1, -0.05) is 44.2 Å². The predicted octanol–water partition coefficient (Wildman–Crippen LogP) is 3.75. The van der Waals surface area contributed by atoms with Crippen LogP contribution in [0, 0.1) is 11.3 Å². The van der Waals surface area contributed by atoms with Gasteiger partial charge in [0.25, 0.3) is 5.91 Å². The van der Waals surface area contributed by atoms with Crippen LogP contribution in [-0.4, -0.2) is 69.9 Å². The number of nitrogens with zero attached hydrogens (tertiary/aromatic N) is 2. The smallest absolute Gasteiger partial charge is 0.325 e. The molecule has 1 saturated heterocycles.